The van der Waals surface area contributed by atoms with E-state index < -0.39 is 0 Å². The second-order valence-corrected chi connectivity index (χ2v) is 6.76. The molecule has 1 saturated heterocycles. The minimum atomic E-state index is 0.156. The van der Waals surface area contributed by atoms with Gasteiger partial charge in [-0.2, -0.15) is 0 Å². The summed E-state index contributed by atoms with van der Waals surface area (Å²) in [6.07, 6.45) is 8.22. The van der Waals surface area contributed by atoms with Crippen molar-refractivity contribution in [2.45, 2.75) is 50.6 Å². The van der Waals surface area contributed by atoms with Crippen LogP contribution < -0.4 is 0 Å². The maximum atomic E-state index is 12.8. The molecule has 2 aliphatic rings. The van der Waals surface area contributed by atoms with Gasteiger partial charge in [0.2, 0.25) is 0 Å². The Labute approximate surface area is 127 Å². The lowest BCUT2D eigenvalue weighted by molar-refractivity contribution is 0.0713. The Morgan fingerprint density at radius 1 is 1.40 bits per heavy atom. The van der Waals surface area contributed by atoms with Gasteiger partial charge in [0.1, 0.15) is 5.69 Å². The van der Waals surface area contributed by atoms with Crippen molar-refractivity contribution in [2.75, 3.05) is 13.2 Å². The predicted octanol–water partition coefficient (Wildman–Crippen LogP) is 2.96. The van der Waals surface area contributed by atoms with Gasteiger partial charge in [0.15, 0.2) is 0 Å². The molecule has 0 spiro atoms. The first kappa shape index (κ1) is 14.1. The van der Waals surface area contributed by atoms with Crippen LogP contribution in [0.5, 0.6) is 0 Å². The lowest BCUT2D eigenvalue weighted by Gasteiger charge is -2.25. The molecule has 1 aromatic heterocycles. The number of amides is 1. The number of aliphatic hydroxyl groups excluding tert-OH is 1. The van der Waals surface area contributed by atoms with Crippen molar-refractivity contribution >= 4 is 21.8 Å². The Morgan fingerprint density at radius 3 is 2.90 bits per heavy atom. The van der Waals surface area contributed by atoms with Crippen LogP contribution in [-0.4, -0.2) is 39.7 Å². The van der Waals surface area contributed by atoms with Crippen LogP contribution in [0.2, 0.25) is 0 Å². The zero-order valence-corrected chi connectivity index (χ0v) is 13.2. The largest absolute Gasteiger partial charge is 0.396 e. The second-order valence-electron chi connectivity index (χ2n) is 5.84. The van der Waals surface area contributed by atoms with Gasteiger partial charge in [0.05, 0.1) is 0 Å². The molecule has 3 rings (SSSR count). The van der Waals surface area contributed by atoms with Gasteiger partial charge in [-0.3, -0.25) is 4.79 Å². The van der Waals surface area contributed by atoms with E-state index >= 15 is 0 Å². The number of nitrogens with zero attached hydrogens (tertiary/aromatic N) is 2. The van der Waals surface area contributed by atoms with Crippen LogP contribution in [0.1, 0.15) is 55.1 Å². The normalized spacial score (nSPS) is 22.5. The molecule has 1 unspecified atom stereocenters. The van der Waals surface area contributed by atoms with Crippen LogP contribution in [0.15, 0.2) is 16.7 Å². The van der Waals surface area contributed by atoms with Crippen molar-refractivity contribution in [1.82, 2.24) is 9.47 Å². The molecule has 2 heterocycles. The number of likely N-dealkylation sites (tertiary alicyclic amines) is 1. The van der Waals surface area contributed by atoms with E-state index in [9.17, 15) is 4.79 Å². The number of aromatic nitrogens is 1. The van der Waals surface area contributed by atoms with Crippen LogP contribution in [-0.2, 0) is 0 Å². The van der Waals surface area contributed by atoms with Crippen LogP contribution >= 0.6 is 15.9 Å². The molecule has 5 heteroatoms. The number of hydrogen-bond donors (Lipinski definition) is 1. The minimum Gasteiger partial charge on any atom is -0.396 e. The van der Waals surface area contributed by atoms with Crippen molar-refractivity contribution in [2.24, 2.45) is 0 Å². The van der Waals surface area contributed by atoms with E-state index in [1.54, 1.807) is 0 Å². The first-order valence-electron chi connectivity index (χ1n) is 7.50. The maximum Gasteiger partial charge on any atom is 0.270 e. The van der Waals surface area contributed by atoms with Crippen LogP contribution in [0, 0.1) is 0 Å². The van der Waals surface area contributed by atoms with E-state index in [-0.39, 0.29) is 12.5 Å². The van der Waals surface area contributed by atoms with Gasteiger partial charge >= 0.3 is 0 Å². The Kier molecular flexibility index (Phi) is 4.17. The van der Waals surface area contributed by atoms with Gasteiger partial charge in [-0.15, -0.1) is 0 Å². The van der Waals surface area contributed by atoms with E-state index in [2.05, 4.69) is 20.5 Å². The first-order valence-corrected chi connectivity index (χ1v) is 8.29. The topological polar surface area (TPSA) is 45.5 Å². The molecule has 0 radical (unpaired) electrons. The molecule has 1 aliphatic carbocycles. The zero-order chi connectivity index (χ0) is 14.1. The van der Waals surface area contributed by atoms with Gasteiger partial charge in [-0.05, 0) is 60.5 Å². The first-order chi connectivity index (χ1) is 9.70. The summed E-state index contributed by atoms with van der Waals surface area (Å²) in [5.41, 5.74) is 0.815. The fourth-order valence-electron chi connectivity index (χ4n) is 3.15. The monoisotopic (exact) mass is 340 g/mol. The lowest BCUT2D eigenvalue weighted by Crippen LogP contribution is -2.36. The summed E-state index contributed by atoms with van der Waals surface area (Å²) >= 11 is 3.49. The van der Waals surface area contributed by atoms with Gasteiger partial charge in [0, 0.05) is 35.9 Å². The van der Waals surface area contributed by atoms with E-state index in [1.165, 1.54) is 12.8 Å². The van der Waals surface area contributed by atoms with Gasteiger partial charge in [0.25, 0.3) is 5.91 Å². The predicted molar refractivity (Wildman–Crippen MR) is 80.8 cm³/mol. The average Bonchev–Trinajstić information content (AvgIpc) is 3.05. The average molecular weight is 341 g/mol. The molecule has 1 N–H and O–H groups in total. The van der Waals surface area contributed by atoms with Crippen LogP contribution in [0.25, 0.3) is 0 Å². The standard InChI is InChI=1S/C15H21BrN2O2/c16-11-9-14(18(10-11)13-5-6-13)15(20)17-7-1-3-12(17)4-2-8-19/h9-10,12-13,19H,1-8H2. The van der Waals surface area contributed by atoms with E-state index in [0.717, 1.165) is 42.4 Å². The molecular formula is C15H21BrN2O2. The Balaban J connectivity index is 1.77. The molecule has 1 saturated carbocycles. The Morgan fingerprint density at radius 2 is 2.20 bits per heavy atom. The summed E-state index contributed by atoms with van der Waals surface area (Å²) < 4.78 is 3.12. The summed E-state index contributed by atoms with van der Waals surface area (Å²) in [6, 6.07) is 2.76. The van der Waals surface area contributed by atoms with Crippen molar-refractivity contribution in [3.8, 4) is 0 Å². The molecular weight excluding hydrogens is 320 g/mol. The van der Waals surface area contributed by atoms with Gasteiger partial charge in [-0.25, -0.2) is 0 Å². The Hall–Kier alpha value is -0.810. The summed E-state index contributed by atoms with van der Waals surface area (Å²) in [7, 11) is 0. The smallest absolute Gasteiger partial charge is 0.270 e. The minimum absolute atomic E-state index is 0.156. The van der Waals surface area contributed by atoms with Gasteiger partial charge < -0.3 is 14.6 Å². The molecule has 1 atom stereocenters. The fraction of sp³-hybridized carbons (Fsp3) is 0.667. The summed E-state index contributed by atoms with van der Waals surface area (Å²) in [4.78, 5) is 14.8. The highest BCUT2D eigenvalue weighted by molar-refractivity contribution is 9.10. The lowest BCUT2D eigenvalue weighted by atomic mass is 10.1. The van der Waals surface area contributed by atoms with Crippen molar-refractivity contribution in [3.63, 3.8) is 0 Å². The number of aliphatic hydroxyl groups is 1. The zero-order valence-electron chi connectivity index (χ0n) is 11.6. The van der Waals surface area contributed by atoms with Crippen molar-refractivity contribution < 1.29 is 9.90 Å². The molecule has 1 aliphatic heterocycles. The van der Waals surface area contributed by atoms with E-state index in [0.29, 0.717) is 12.1 Å². The second kappa shape index (κ2) is 5.90. The number of rotatable bonds is 5. The number of halogens is 1. The van der Waals surface area contributed by atoms with Crippen LogP contribution in [0.3, 0.4) is 0 Å². The summed E-state index contributed by atoms with van der Waals surface area (Å²) in [6.45, 7) is 1.06. The molecule has 2 fully saturated rings. The number of carbonyl (C=O) groups excluding carboxylic acids is 1. The highest BCUT2D eigenvalue weighted by atomic mass is 79.9. The maximum absolute atomic E-state index is 12.8. The van der Waals surface area contributed by atoms with Crippen molar-refractivity contribution in [1.29, 1.82) is 0 Å². The fourth-order valence-corrected chi connectivity index (χ4v) is 3.59. The molecule has 0 bridgehead atoms. The van der Waals surface area contributed by atoms with E-state index in [1.807, 2.05) is 17.2 Å². The summed E-state index contributed by atoms with van der Waals surface area (Å²) in [5, 5.41) is 8.98. The number of hydrogen-bond acceptors (Lipinski definition) is 2. The molecule has 1 amide bonds. The quantitative estimate of drug-likeness (QED) is 0.895. The Bertz CT molecular complexity index is 496. The third-order valence-corrected chi connectivity index (χ3v) is 4.74. The van der Waals surface area contributed by atoms with Crippen molar-refractivity contribution in [3.05, 3.63) is 22.4 Å². The van der Waals surface area contributed by atoms with Crippen LogP contribution in [0.4, 0.5) is 0 Å². The van der Waals surface area contributed by atoms with E-state index in [4.69, 9.17) is 5.11 Å². The SMILES string of the molecule is O=C(c1cc(Br)cn1C1CC1)N1CCCC1CCCO. The molecule has 1 aromatic rings. The molecule has 0 aromatic carbocycles. The molecule has 110 valence electrons. The molecule has 4 nitrogen and oxygen atoms in total. The third-order valence-electron chi connectivity index (χ3n) is 4.31. The number of carbonyl (C=O) groups is 1. The highest BCUT2D eigenvalue weighted by Crippen LogP contribution is 2.38. The third kappa shape index (κ3) is 2.79. The van der Waals surface area contributed by atoms with Gasteiger partial charge in [-0.1, -0.05) is 0 Å². The molecule has 20 heavy (non-hydrogen) atoms. The highest BCUT2D eigenvalue weighted by Gasteiger charge is 2.33. The summed E-state index contributed by atoms with van der Waals surface area (Å²) in [5.74, 6) is 0.156.